The van der Waals surface area contributed by atoms with Crippen LogP contribution in [0.3, 0.4) is 0 Å². The number of aryl methyl sites for hydroxylation is 1. The van der Waals surface area contributed by atoms with Crippen LogP contribution in [0.2, 0.25) is 0 Å². The largest absolute Gasteiger partial charge is 0.494 e. The van der Waals surface area contributed by atoms with E-state index in [0.29, 0.717) is 0 Å². The summed E-state index contributed by atoms with van der Waals surface area (Å²) in [4.78, 5) is 8.59. The molecule has 1 N–H and O–H groups in total. The molecule has 2 aromatic rings. The third-order valence-corrected chi connectivity index (χ3v) is 3.51. The lowest BCUT2D eigenvalue weighted by molar-refractivity contribution is 0.385. The summed E-state index contributed by atoms with van der Waals surface area (Å²) in [6.45, 7) is 5.94. The molecule has 2 rings (SSSR count). The molecule has 0 aliphatic carbocycles. The Bertz CT molecular complexity index is 618. The number of ether oxygens (including phenoxy) is 1. The molecule has 1 aromatic carbocycles. The topological polar surface area (TPSA) is 47.0 Å². The van der Waals surface area contributed by atoms with Gasteiger partial charge in [0.2, 0.25) is 0 Å². The highest BCUT2D eigenvalue weighted by Gasteiger charge is 2.15. The lowest BCUT2D eigenvalue weighted by Gasteiger charge is -2.21. The van der Waals surface area contributed by atoms with Crippen LogP contribution in [0.15, 0.2) is 30.6 Å². The first-order valence-corrected chi connectivity index (χ1v) is 6.90. The van der Waals surface area contributed by atoms with E-state index in [1.165, 1.54) is 13.2 Å². The lowest BCUT2D eigenvalue weighted by atomic mass is 10.1. The Labute approximate surface area is 124 Å². The van der Waals surface area contributed by atoms with Crippen molar-refractivity contribution in [1.29, 1.82) is 0 Å². The van der Waals surface area contributed by atoms with E-state index >= 15 is 0 Å². The van der Waals surface area contributed by atoms with Gasteiger partial charge < -0.3 is 10.1 Å². The van der Waals surface area contributed by atoms with Gasteiger partial charge in [0.25, 0.3) is 0 Å². The highest BCUT2D eigenvalue weighted by atomic mass is 19.1. The summed E-state index contributed by atoms with van der Waals surface area (Å²) in [6.07, 6.45) is 3.35. The summed E-state index contributed by atoms with van der Waals surface area (Å²) in [5.74, 6) is -0.101. The van der Waals surface area contributed by atoms with Gasteiger partial charge in [0.05, 0.1) is 18.5 Å². The van der Waals surface area contributed by atoms with Crippen LogP contribution >= 0.6 is 0 Å². The van der Waals surface area contributed by atoms with E-state index in [0.717, 1.165) is 17.0 Å². The average Bonchev–Trinajstić information content (AvgIpc) is 2.47. The molecule has 21 heavy (non-hydrogen) atoms. The molecule has 5 heteroatoms. The molecule has 4 nitrogen and oxygen atoms in total. The Morgan fingerprint density at radius 3 is 2.48 bits per heavy atom. The third-order valence-electron chi connectivity index (χ3n) is 3.51. The fourth-order valence-electron chi connectivity index (χ4n) is 2.35. The van der Waals surface area contributed by atoms with Gasteiger partial charge in [-0.25, -0.2) is 4.39 Å². The maximum atomic E-state index is 13.8. The number of halogens is 1. The summed E-state index contributed by atoms with van der Waals surface area (Å²) in [7, 11) is 1.46. The molecule has 0 fully saturated rings. The Kier molecular flexibility index (Phi) is 4.85. The van der Waals surface area contributed by atoms with Crippen LogP contribution in [-0.4, -0.2) is 17.1 Å². The number of methoxy groups -OCH3 is 1. The van der Waals surface area contributed by atoms with Crippen molar-refractivity contribution in [3.05, 3.63) is 53.4 Å². The number of hydrogen-bond donors (Lipinski definition) is 1. The van der Waals surface area contributed by atoms with Crippen LogP contribution in [0.1, 0.15) is 42.9 Å². The van der Waals surface area contributed by atoms with Gasteiger partial charge in [-0.05, 0) is 38.5 Å². The van der Waals surface area contributed by atoms with Crippen molar-refractivity contribution < 1.29 is 9.13 Å². The molecule has 0 aliphatic heterocycles. The molecule has 112 valence electrons. The first-order valence-electron chi connectivity index (χ1n) is 6.90. The molecule has 1 heterocycles. The van der Waals surface area contributed by atoms with Gasteiger partial charge >= 0.3 is 0 Å². The first-order chi connectivity index (χ1) is 10.0. The van der Waals surface area contributed by atoms with Crippen LogP contribution in [0.4, 0.5) is 4.39 Å². The fourth-order valence-corrected chi connectivity index (χ4v) is 2.35. The third kappa shape index (κ3) is 3.55. The summed E-state index contributed by atoms with van der Waals surface area (Å²) >= 11 is 0. The number of nitrogens with one attached hydrogen (secondary N) is 1. The summed E-state index contributed by atoms with van der Waals surface area (Å²) < 4.78 is 18.7. The molecular formula is C16H20FN3O. The number of aromatic nitrogens is 2. The van der Waals surface area contributed by atoms with Gasteiger partial charge in [0.1, 0.15) is 0 Å². The van der Waals surface area contributed by atoms with E-state index in [-0.39, 0.29) is 23.7 Å². The van der Waals surface area contributed by atoms with Crippen molar-refractivity contribution in [3.63, 3.8) is 0 Å². The first kappa shape index (κ1) is 15.4. The molecule has 1 aromatic heterocycles. The second kappa shape index (κ2) is 6.63. The summed E-state index contributed by atoms with van der Waals surface area (Å²) in [5, 5.41) is 3.41. The molecule has 2 atom stereocenters. The van der Waals surface area contributed by atoms with Crippen molar-refractivity contribution in [2.24, 2.45) is 0 Å². The number of nitrogens with zero attached hydrogens (tertiary/aromatic N) is 2. The Morgan fingerprint density at radius 1 is 1.14 bits per heavy atom. The molecule has 0 saturated heterocycles. The Hall–Kier alpha value is -2.01. The molecular weight excluding hydrogens is 269 g/mol. The molecule has 0 spiro atoms. The smallest absolute Gasteiger partial charge is 0.165 e. The quantitative estimate of drug-likeness (QED) is 0.917. The van der Waals surface area contributed by atoms with E-state index in [4.69, 9.17) is 4.74 Å². The van der Waals surface area contributed by atoms with Crippen LogP contribution in [0, 0.1) is 12.7 Å². The number of benzene rings is 1. The van der Waals surface area contributed by atoms with E-state index in [1.54, 1.807) is 18.5 Å². The van der Waals surface area contributed by atoms with Crippen molar-refractivity contribution in [3.8, 4) is 5.75 Å². The van der Waals surface area contributed by atoms with Gasteiger partial charge in [-0.15, -0.1) is 0 Å². The van der Waals surface area contributed by atoms with Crippen LogP contribution in [0.25, 0.3) is 0 Å². The van der Waals surface area contributed by atoms with E-state index < -0.39 is 0 Å². The van der Waals surface area contributed by atoms with Gasteiger partial charge in [-0.2, -0.15) is 0 Å². The predicted octanol–water partition coefficient (Wildman–Crippen LogP) is 3.34. The summed E-state index contributed by atoms with van der Waals surface area (Å²) in [6, 6.07) is 5.00. The molecule has 0 radical (unpaired) electrons. The molecule has 0 saturated carbocycles. The van der Waals surface area contributed by atoms with Crippen molar-refractivity contribution in [2.75, 3.05) is 7.11 Å². The van der Waals surface area contributed by atoms with Crippen molar-refractivity contribution >= 4 is 0 Å². The average molecular weight is 289 g/mol. The molecule has 0 aliphatic rings. The SMILES string of the molecule is COc1ccc(C(C)NC(C)c2nccnc2C)cc1F. The maximum Gasteiger partial charge on any atom is 0.165 e. The van der Waals surface area contributed by atoms with Gasteiger partial charge in [0, 0.05) is 24.5 Å². The zero-order valence-corrected chi connectivity index (χ0v) is 12.7. The zero-order chi connectivity index (χ0) is 15.4. The number of hydrogen-bond acceptors (Lipinski definition) is 4. The van der Waals surface area contributed by atoms with Crippen molar-refractivity contribution in [2.45, 2.75) is 32.9 Å². The highest BCUT2D eigenvalue weighted by molar-refractivity contribution is 5.31. The molecule has 0 amide bonds. The van der Waals surface area contributed by atoms with Crippen LogP contribution in [-0.2, 0) is 0 Å². The summed E-state index contributed by atoms with van der Waals surface area (Å²) in [5.41, 5.74) is 2.66. The molecule has 0 bridgehead atoms. The minimum atomic E-state index is -0.355. The van der Waals surface area contributed by atoms with Crippen LogP contribution in [0.5, 0.6) is 5.75 Å². The second-order valence-corrected chi connectivity index (χ2v) is 5.03. The van der Waals surface area contributed by atoms with E-state index in [1.807, 2.05) is 26.8 Å². The fraction of sp³-hybridized carbons (Fsp3) is 0.375. The van der Waals surface area contributed by atoms with Crippen LogP contribution < -0.4 is 10.1 Å². The Balaban J connectivity index is 2.12. The zero-order valence-electron chi connectivity index (χ0n) is 12.7. The molecule has 2 unspecified atom stereocenters. The standard InChI is InChI=1S/C16H20FN3O/c1-10(13-5-6-15(21-4)14(17)9-13)20-12(3)16-11(2)18-7-8-19-16/h5-10,12,20H,1-4H3. The monoisotopic (exact) mass is 289 g/mol. The lowest BCUT2D eigenvalue weighted by Crippen LogP contribution is -2.24. The highest BCUT2D eigenvalue weighted by Crippen LogP contribution is 2.24. The van der Waals surface area contributed by atoms with E-state index in [2.05, 4.69) is 15.3 Å². The number of rotatable bonds is 5. The minimum Gasteiger partial charge on any atom is -0.494 e. The Morgan fingerprint density at radius 2 is 1.86 bits per heavy atom. The normalized spacial score (nSPS) is 13.8. The maximum absolute atomic E-state index is 13.8. The van der Waals surface area contributed by atoms with Gasteiger partial charge in [-0.3, -0.25) is 9.97 Å². The van der Waals surface area contributed by atoms with Gasteiger partial charge in [0.15, 0.2) is 11.6 Å². The minimum absolute atomic E-state index is 0.0122. The van der Waals surface area contributed by atoms with E-state index in [9.17, 15) is 4.39 Å². The second-order valence-electron chi connectivity index (χ2n) is 5.03. The predicted molar refractivity (Wildman–Crippen MR) is 79.7 cm³/mol. The van der Waals surface area contributed by atoms with Crippen molar-refractivity contribution in [1.82, 2.24) is 15.3 Å². The van der Waals surface area contributed by atoms with Gasteiger partial charge in [-0.1, -0.05) is 6.07 Å².